The van der Waals surface area contributed by atoms with Gasteiger partial charge in [0.25, 0.3) is 0 Å². The molecule has 0 aliphatic rings. The van der Waals surface area contributed by atoms with Crippen molar-refractivity contribution in [2.24, 2.45) is 0 Å². The molecule has 0 bridgehead atoms. The van der Waals surface area contributed by atoms with Crippen LogP contribution in [0.2, 0.25) is 0 Å². The maximum Gasteiger partial charge on any atom is 0.337 e. The van der Waals surface area contributed by atoms with Gasteiger partial charge in [0.05, 0.1) is 0 Å². The fraction of sp³-hybridized carbons (Fsp3) is 0.125. The molecule has 0 saturated heterocycles. The standard InChI is InChI=1S/C8H8O3.Na/c9-7(8(10)11)6-4-2-1-3-5-6;/h1-5,7,9H,(H,10,11);. The number of carboxylic acids is 1. The van der Waals surface area contributed by atoms with Crippen LogP contribution in [-0.4, -0.2) is 45.7 Å². The zero-order chi connectivity index (χ0) is 8.27. The van der Waals surface area contributed by atoms with Crippen molar-refractivity contribution in [3.63, 3.8) is 0 Å². The number of carboxylic acid groups (broad SMARTS) is 1. The normalized spacial score (nSPS) is 11.4. The Hall–Kier alpha value is -0.350. The van der Waals surface area contributed by atoms with Crippen molar-refractivity contribution in [3.05, 3.63) is 35.9 Å². The predicted molar refractivity (Wildman–Crippen MR) is 44.8 cm³/mol. The molecule has 1 unspecified atom stereocenters. The van der Waals surface area contributed by atoms with Crippen molar-refractivity contribution >= 4 is 35.5 Å². The summed E-state index contributed by atoms with van der Waals surface area (Å²) in [5, 5.41) is 17.4. The fourth-order valence-corrected chi connectivity index (χ4v) is 0.778. The molecule has 0 spiro atoms. The van der Waals surface area contributed by atoms with Crippen LogP contribution < -0.4 is 0 Å². The Kier molecular flexibility index (Phi) is 5.17. The van der Waals surface area contributed by atoms with Gasteiger partial charge in [-0.2, -0.15) is 0 Å². The minimum atomic E-state index is -1.41. The first-order valence-electron chi connectivity index (χ1n) is 3.17. The summed E-state index contributed by atoms with van der Waals surface area (Å²) in [6, 6.07) is 8.26. The Bertz CT molecular complexity index is 248. The van der Waals surface area contributed by atoms with Crippen LogP contribution in [0.25, 0.3) is 0 Å². The van der Waals surface area contributed by atoms with E-state index in [-0.39, 0.29) is 29.6 Å². The van der Waals surface area contributed by atoms with Crippen LogP contribution in [0.15, 0.2) is 30.3 Å². The molecule has 1 rings (SSSR count). The van der Waals surface area contributed by atoms with E-state index in [2.05, 4.69) is 0 Å². The molecule has 59 valence electrons. The molecule has 0 aromatic heterocycles. The molecule has 0 aliphatic heterocycles. The maximum atomic E-state index is 10.2. The minimum absolute atomic E-state index is 0. The predicted octanol–water partition coefficient (Wildman–Crippen LogP) is 0.424. The van der Waals surface area contributed by atoms with Crippen LogP contribution in [0.4, 0.5) is 0 Å². The van der Waals surface area contributed by atoms with Gasteiger partial charge in [-0.05, 0) is 5.56 Å². The first-order chi connectivity index (χ1) is 5.22. The molecule has 1 radical (unpaired) electrons. The topological polar surface area (TPSA) is 57.5 Å². The number of hydrogen-bond acceptors (Lipinski definition) is 2. The summed E-state index contributed by atoms with van der Waals surface area (Å²) >= 11 is 0. The third-order valence-electron chi connectivity index (χ3n) is 1.35. The summed E-state index contributed by atoms with van der Waals surface area (Å²) in [4.78, 5) is 10.2. The van der Waals surface area contributed by atoms with Gasteiger partial charge in [0.15, 0.2) is 6.10 Å². The van der Waals surface area contributed by atoms with E-state index in [4.69, 9.17) is 10.2 Å². The smallest absolute Gasteiger partial charge is 0.337 e. The summed E-state index contributed by atoms with van der Waals surface area (Å²) in [6.45, 7) is 0. The Balaban J connectivity index is 0.00000121. The Morgan fingerprint density at radius 1 is 1.25 bits per heavy atom. The van der Waals surface area contributed by atoms with Crippen molar-refractivity contribution < 1.29 is 15.0 Å². The van der Waals surface area contributed by atoms with Crippen LogP contribution in [-0.2, 0) is 4.79 Å². The molecule has 1 aromatic carbocycles. The SMILES string of the molecule is O=C(O)C(O)c1ccccc1.[Na]. The second-order valence-electron chi connectivity index (χ2n) is 2.15. The number of aliphatic carboxylic acids is 1. The molecule has 12 heavy (non-hydrogen) atoms. The van der Waals surface area contributed by atoms with Crippen molar-refractivity contribution in [2.45, 2.75) is 6.10 Å². The third-order valence-corrected chi connectivity index (χ3v) is 1.35. The average Bonchev–Trinajstić information content (AvgIpc) is 2.05. The average molecular weight is 175 g/mol. The van der Waals surface area contributed by atoms with Gasteiger partial charge in [0.1, 0.15) is 0 Å². The van der Waals surface area contributed by atoms with Crippen molar-refractivity contribution in [3.8, 4) is 0 Å². The molecule has 0 aliphatic carbocycles. The molecule has 0 amide bonds. The van der Waals surface area contributed by atoms with E-state index in [1.165, 1.54) is 0 Å². The van der Waals surface area contributed by atoms with Crippen LogP contribution in [0.3, 0.4) is 0 Å². The first-order valence-corrected chi connectivity index (χ1v) is 3.17. The van der Waals surface area contributed by atoms with Gasteiger partial charge >= 0.3 is 5.97 Å². The summed E-state index contributed by atoms with van der Waals surface area (Å²) in [5.74, 6) is -1.23. The second-order valence-corrected chi connectivity index (χ2v) is 2.15. The van der Waals surface area contributed by atoms with Gasteiger partial charge in [-0.3, -0.25) is 0 Å². The molecule has 0 heterocycles. The Labute approximate surface area is 92.3 Å². The molecule has 1 aromatic rings. The van der Waals surface area contributed by atoms with Crippen LogP contribution in [0, 0.1) is 0 Å². The number of aliphatic hydroxyl groups is 1. The van der Waals surface area contributed by atoms with E-state index in [0.717, 1.165) is 0 Å². The van der Waals surface area contributed by atoms with E-state index >= 15 is 0 Å². The summed E-state index contributed by atoms with van der Waals surface area (Å²) in [6.07, 6.45) is -1.41. The van der Waals surface area contributed by atoms with Gasteiger partial charge in [0.2, 0.25) is 0 Å². The molecule has 3 nitrogen and oxygen atoms in total. The molecular weight excluding hydrogens is 167 g/mol. The number of rotatable bonds is 2. The molecule has 4 heteroatoms. The van der Waals surface area contributed by atoms with E-state index in [0.29, 0.717) is 5.56 Å². The largest absolute Gasteiger partial charge is 0.479 e. The molecule has 1 atom stereocenters. The number of benzene rings is 1. The van der Waals surface area contributed by atoms with Gasteiger partial charge in [-0.15, -0.1) is 0 Å². The number of hydrogen-bond donors (Lipinski definition) is 2. The van der Waals surface area contributed by atoms with Gasteiger partial charge in [0, 0.05) is 29.6 Å². The second kappa shape index (κ2) is 5.32. The van der Waals surface area contributed by atoms with Crippen molar-refractivity contribution in [1.82, 2.24) is 0 Å². The van der Waals surface area contributed by atoms with E-state index in [1.54, 1.807) is 30.3 Å². The van der Waals surface area contributed by atoms with Crippen molar-refractivity contribution in [2.75, 3.05) is 0 Å². The molecule has 0 fully saturated rings. The third kappa shape index (κ3) is 2.95. The van der Waals surface area contributed by atoms with Gasteiger partial charge in [-0.1, -0.05) is 30.3 Å². The molecular formula is C8H8NaO3. The zero-order valence-corrected chi connectivity index (χ0v) is 8.77. The summed E-state index contributed by atoms with van der Waals surface area (Å²) < 4.78 is 0. The quantitative estimate of drug-likeness (QED) is 0.640. The minimum Gasteiger partial charge on any atom is -0.479 e. The number of aliphatic hydroxyl groups excluding tert-OH is 1. The zero-order valence-electron chi connectivity index (χ0n) is 6.77. The molecule has 2 N–H and O–H groups in total. The summed E-state index contributed by atoms with van der Waals surface area (Å²) in [5.41, 5.74) is 0.403. The molecule has 0 saturated carbocycles. The van der Waals surface area contributed by atoms with Gasteiger partial charge < -0.3 is 10.2 Å². The monoisotopic (exact) mass is 175 g/mol. The van der Waals surface area contributed by atoms with E-state index in [1.807, 2.05) is 0 Å². The fourth-order valence-electron chi connectivity index (χ4n) is 0.778. The number of carbonyl (C=O) groups is 1. The Morgan fingerprint density at radius 3 is 2.17 bits per heavy atom. The van der Waals surface area contributed by atoms with E-state index in [9.17, 15) is 4.79 Å². The van der Waals surface area contributed by atoms with Crippen LogP contribution >= 0.6 is 0 Å². The van der Waals surface area contributed by atoms with Crippen molar-refractivity contribution in [1.29, 1.82) is 0 Å². The summed E-state index contributed by atoms with van der Waals surface area (Å²) in [7, 11) is 0. The Morgan fingerprint density at radius 2 is 1.75 bits per heavy atom. The van der Waals surface area contributed by atoms with Gasteiger partial charge in [-0.25, -0.2) is 4.79 Å². The first kappa shape index (κ1) is 11.6. The van der Waals surface area contributed by atoms with Crippen LogP contribution in [0.5, 0.6) is 0 Å². The maximum absolute atomic E-state index is 10.2. The van der Waals surface area contributed by atoms with Crippen LogP contribution in [0.1, 0.15) is 11.7 Å². The van der Waals surface area contributed by atoms with E-state index < -0.39 is 12.1 Å².